The quantitative estimate of drug-likeness (QED) is 0.510. The van der Waals surface area contributed by atoms with E-state index in [0.29, 0.717) is 12.8 Å². The van der Waals surface area contributed by atoms with Gasteiger partial charge in [-0.2, -0.15) is 0 Å². The van der Waals surface area contributed by atoms with Gasteiger partial charge < -0.3 is 37.9 Å². The van der Waals surface area contributed by atoms with Crippen molar-refractivity contribution < 1.29 is 47.5 Å². The van der Waals surface area contributed by atoms with Crippen molar-refractivity contribution in [2.75, 3.05) is 0 Å². The van der Waals surface area contributed by atoms with Crippen molar-refractivity contribution in [3.05, 3.63) is 24.3 Å². The van der Waals surface area contributed by atoms with Gasteiger partial charge in [0.1, 0.15) is 12.2 Å². The standard InChI is InChI=1S/C25H34O10/c1-23(2)30-17-11-13(28-21(17)34-23)7-9-15(26)19-20(33-25(5,6)32-19)16(27)10-8-14-12-18-22(29-14)35-24(3,4)31-18/h7-10,13-14,17-22H,11-12H2,1-6H3/b9-7+,10-8+/t13-,14-,17-,18-,19+,20+,21-,22-/m1/s1. The van der Waals surface area contributed by atoms with Crippen LogP contribution in [0.25, 0.3) is 0 Å². The molecule has 0 amide bonds. The number of hydrogen-bond donors (Lipinski definition) is 0. The van der Waals surface area contributed by atoms with E-state index in [4.69, 9.17) is 37.9 Å². The van der Waals surface area contributed by atoms with Gasteiger partial charge in [0.25, 0.3) is 0 Å². The minimum atomic E-state index is -1.08. The smallest absolute Gasteiger partial charge is 0.187 e. The minimum absolute atomic E-state index is 0.182. The van der Waals surface area contributed by atoms with Crippen LogP contribution in [-0.2, 0) is 47.5 Å². The van der Waals surface area contributed by atoms with Gasteiger partial charge in [-0.3, -0.25) is 9.59 Å². The van der Waals surface area contributed by atoms with Crippen LogP contribution in [-0.4, -0.2) is 78.1 Å². The number of hydrogen-bond acceptors (Lipinski definition) is 10. The predicted molar refractivity (Wildman–Crippen MR) is 119 cm³/mol. The highest BCUT2D eigenvalue weighted by molar-refractivity contribution is 6.02. The number of carbonyl (C=O) groups excluding carboxylic acids is 2. The predicted octanol–water partition coefficient (Wildman–Crippen LogP) is 2.29. The fourth-order valence-electron chi connectivity index (χ4n) is 5.09. The lowest BCUT2D eigenvalue weighted by atomic mass is 10.0. The van der Waals surface area contributed by atoms with Gasteiger partial charge in [0.15, 0.2) is 53.7 Å². The third-order valence-corrected chi connectivity index (χ3v) is 6.43. The largest absolute Gasteiger partial charge is 0.342 e. The summed E-state index contributed by atoms with van der Waals surface area (Å²) in [6, 6.07) is 0. The molecule has 8 atom stereocenters. The molecule has 35 heavy (non-hydrogen) atoms. The normalized spacial score (nSPS) is 43.3. The third-order valence-electron chi connectivity index (χ3n) is 6.43. The Bertz CT molecular complexity index is 817. The summed E-state index contributed by atoms with van der Waals surface area (Å²) in [6.45, 7) is 10.7. The summed E-state index contributed by atoms with van der Waals surface area (Å²) in [5.74, 6) is -3.19. The van der Waals surface area contributed by atoms with Crippen LogP contribution in [0.2, 0.25) is 0 Å². The maximum Gasteiger partial charge on any atom is 0.187 e. The molecular formula is C25H34O10. The molecule has 0 spiro atoms. The first-order valence-corrected chi connectivity index (χ1v) is 12.1. The van der Waals surface area contributed by atoms with E-state index in [9.17, 15) is 9.59 Å². The molecular weight excluding hydrogens is 460 g/mol. The van der Waals surface area contributed by atoms with Crippen molar-refractivity contribution in [2.24, 2.45) is 0 Å². The average Bonchev–Trinajstić information content (AvgIpc) is 3.48. The fourth-order valence-corrected chi connectivity index (χ4v) is 5.09. The van der Waals surface area contributed by atoms with Gasteiger partial charge in [0, 0.05) is 12.8 Å². The lowest BCUT2D eigenvalue weighted by molar-refractivity contribution is -0.200. The molecule has 5 fully saturated rings. The second-order valence-corrected chi connectivity index (χ2v) is 10.9. The highest BCUT2D eigenvalue weighted by atomic mass is 16.8. The van der Waals surface area contributed by atoms with Crippen LogP contribution in [0, 0.1) is 0 Å². The SMILES string of the molecule is CC1(C)O[C@H]2O[C@H](/C=C/C(=O)[C@@H]3OC(C)(C)O[C@H]3C(=O)/C=C/[C@@H]3C[C@H]4OC(C)(C)O[C@H]4O3)C[C@H]2O1. The number of rotatable bonds is 6. The summed E-state index contributed by atoms with van der Waals surface area (Å²) < 4.78 is 46.2. The molecule has 194 valence electrons. The van der Waals surface area contributed by atoms with Gasteiger partial charge in [-0.1, -0.05) is 12.2 Å². The highest BCUT2D eigenvalue weighted by Crippen LogP contribution is 2.39. The molecule has 0 saturated carbocycles. The van der Waals surface area contributed by atoms with Crippen LogP contribution in [0.4, 0.5) is 0 Å². The Morgan fingerprint density at radius 3 is 1.34 bits per heavy atom. The van der Waals surface area contributed by atoms with Crippen LogP contribution in [0.5, 0.6) is 0 Å². The van der Waals surface area contributed by atoms with E-state index in [-0.39, 0.29) is 36.0 Å². The van der Waals surface area contributed by atoms with E-state index in [1.165, 1.54) is 12.2 Å². The molecule has 10 heteroatoms. The van der Waals surface area contributed by atoms with Crippen molar-refractivity contribution in [3.63, 3.8) is 0 Å². The van der Waals surface area contributed by atoms with Gasteiger partial charge in [-0.25, -0.2) is 0 Å². The van der Waals surface area contributed by atoms with Crippen LogP contribution < -0.4 is 0 Å². The summed E-state index contributed by atoms with van der Waals surface area (Å²) in [6.07, 6.45) is 3.14. The molecule has 0 aromatic carbocycles. The molecule has 0 radical (unpaired) electrons. The van der Waals surface area contributed by atoms with E-state index in [1.54, 1.807) is 26.0 Å². The average molecular weight is 495 g/mol. The molecule has 5 aliphatic heterocycles. The van der Waals surface area contributed by atoms with Crippen molar-refractivity contribution in [1.82, 2.24) is 0 Å². The molecule has 5 aliphatic rings. The monoisotopic (exact) mass is 494 g/mol. The maximum atomic E-state index is 13.0. The summed E-state index contributed by atoms with van der Waals surface area (Å²) >= 11 is 0. The Balaban J connectivity index is 1.17. The topological polar surface area (TPSA) is 108 Å². The van der Waals surface area contributed by atoms with E-state index in [2.05, 4.69) is 0 Å². The Kier molecular flexibility index (Phi) is 6.33. The van der Waals surface area contributed by atoms with Crippen molar-refractivity contribution in [1.29, 1.82) is 0 Å². The molecule has 0 aromatic heterocycles. The van der Waals surface area contributed by atoms with E-state index >= 15 is 0 Å². The lowest BCUT2D eigenvalue weighted by Crippen LogP contribution is -2.36. The second-order valence-electron chi connectivity index (χ2n) is 10.9. The summed E-state index contributed by atoms with van der Waals surface area (Å²) in [4.78, 5) is 25.9. The van der Waals surface area contributed by atoms with E-state index < -0.39 is 42.1 Å². The zero-order valence-corrected chi connectivity index (χ0v) is 20.9. The Labute approximate surface area is 204 Å². The summed E-state index contributed by atoms with van der Waals surface area (Å²) in [5, 5.41) is 0. The Morgan fingerprint density at radius 2 is 0.971 bits per heavy atom. The summed E-state index contributed by atoms with van der Waals surface area (Å²) in [7, 11) is 0. The van der Waals surface area contributed by atoms with Gasteiger partial charge in [0.05, 0.1) is 12.2 Å². The first kappa shape index (κ1) is 25.2. The third kappa shape index (κ3) is 5.45. The van der Waals surface area contributed by atoms with Crippen LogP contribution in [0.15, 0.2) is 24.3 Å². The molecule has 0 aromatic rings. The highest BCUT2D eigenvalue weighted by Gasteiger charge is 2.50. The summed E-state index contributed by atoms with van der Waals surface area (Å²) in [5.41, 5.74) is 0. The van der Waals surface area contributed by atoms with Crippen LogP contribution in [0.3, 0.4) is 0 Å². The van der Waals surface area contributed by atoms with Gasteiger partial charge in [-0.15, -0.1) is 0 Å². The van der Waals surface area contributed by atoms with Crippen molar-refractivity contribution in [2.45, 2.75) is 121 Å². The van der Waals surface area contributed by atoms with Gasteiger partial charge in [-0.05, 0) is 53.7 Å². The van der Waals surface area contributed by atoms with Crippen LogP contribution in [0.1, 0.15) is 54.4 Å². The molecule has 5 saturated heterocycles. The number of fused-ring (bicyclic) bond motifs is 2. The first-order chi connectivity index (χ1) is 16.3. The van der Waals surface area contributed by atoms with E-state index in [1.807, 2.05) is 27.7 Å². The first-order valence-electron chi connectivity index (χ1n) is 12.1. The zero-order valence-electron chi connectivity index (χ0n) is 20.9. The number of ketones is 2. The Morgan fingerprint density at radius 1 is 0.600 bits per heavy atom. The van der Waals surface area contributed by atoms with Crippen molar-refractivity contribution in [3.8, 4) is 0 Å². The van der Waals surface area contributed by atoms with Crippen LogP contribution >= 0.6 is 0 Å². The minimum Gasteiger partial charge on any atom is -0.342 e. The molecule has 5 rings (SSSR count). The maximum absolute atomic E-state index is 13.0. The second kappa shape index (κ2) is 8.81. The van der Waals surface area contributed by atoms with Gasteiger partial charge >= 0.3 is 0 Å². The number of carbonyl (C=O) groups is 2. The lowest BCUT2D eigenvalue weighted by Gasteiger charge is -2.19. The molecule has 5 heterocycles. The zero-order chi connectivity index (χ0) is 25.2. The molecule has 0 bridgehead atoms. The number of ether oxygens (including phenoxy) is 8. The van der Waals surface area contributed by atoms with Gasteiger partial charge in [0.2, 0.25) is 0 Å². The fraction of sp³-hybridized carbons (Fsp3) is 0.760. The molecule has 0 aliphatic carbocycles. The Hall–Kier alpha value is -1.50. The molecule has 0 unspecified atom stereocenters. The van der Waals surface area contributed by atoms with Crippen molar-refractivity contribution >= 4 is 11.6 Å². The molecule has 10 nitrogen and oxygen atoms in total. The molecule has 0 N–H and O–H groups in total. The van der Waals surface area contributed by atoms with E-state index in [0.717, 1.165) is 0 Å².